The van der Waals surface area contributed by atoms with Crippen molar-refractivity contribution >= 4 is 17.2 Å². The van der Waals surface area contributed by atoms with Gasteiger partial charge in [0.1, 0.15) is 6.33 Å². The maximum Gasteiger partial charge on any atom is 0.228 e. The molecule has 0 spiro atoms. The molecule has 0 aliphatic carbocycles. The summed E-state index contributed by atoms with van der Waals surface area (Å²) in [5.41, 5.74) is 2.77. The first-order chi connectivity index (χ1) is 13.2. The van der Waals surface area contributed by atoms with E-state index >= 15 is 0 Å². The van der Waals surface area contributed by atoms with Crippen molar-refractivity contribution in [3.63, 3.8) is 0 Å². The van der Waals surface area contributed by atoms with Gasteiger partial charge in [0.25, 0.3) is 0 Å². The van der Waals surface area contributed by atoms with Crippen LogP contribution in [0.2, 0.25) is 0 Å². The van der Waals surface area contributed by atoms with E-state index in [1.165, 1.54) is 0 Å². The normalized spacial score (nSPS) is 15.1. The Morgan fingerprint density at radius 1 is 1.19 bits per heavy atom. The molecule has 1 fully saturated rings. The van der Waals surface area contributed by atoms with Gasteiger partial charge in [0, 0.05) is 37.1 Å². The maximum absolute atomic E-state index is 12.5. The number of hydrogen-bond acceptors (Lipinski definition) is 6. The number of rotatable bonds is 4. The zero-order valence-electron chi connectivity index (χ0n) is 15.2. The summed E-state index contributed by atoms with van der Waals surface area (Å²) in [7, 11) is 0. The first-order valence-electron chi connectivity index (χ1n) is 9.12. The lowest BCUT2D eigenvalue weighted by Gasteiger charge is -2.31. The maximum atomic E-state index is 12.5. The minimum Gasteiger partial charge on any atom is -0.342 e. The summed E-state index contributed by atoms with van der Waals surface area (Å²) >= 11 is 1.72. The minimum absolute atomic E-state index is 0.157. The van der Waals surface area contributed by atoms with E-state index in [0.717, 1.165) is 52.9 Å². The Kier molecular flexibility index (Phi) is 5.20. The number of carbonyl (C=O) groups excluding carboxylic acids is 1. The molecule has 0 aromatic carbocycles. The van der Waals surface area contributed by atoms with Gasteiger partial charge < -0.3 is 4.90 Å². The molecule has 1 amide bonds. The lowest BCUT2D eigenvalue weighted by atomic mass is 9.97. The van der Waals surface area contributed by atoms with Gasteiger partial charge in [0.05, 0.1) is 27.7 Å². The number of aryl methyl sites for hydroxylation is 1. The highest BCUT2D eigenvalue weighted by Gasteiger charge is 2.26. The SMILES string of the molecule is Cc1nc(C2CCN(C(=O)Cc3ccccn3)CC2)sc1-c1ccncn1. The van der Waals surface area contributed by atoms with Gasteiger partial charge in [-0.15, -0.1) is 11.3 Å². The molecular weight excluding hydrogens is 358 g/mol. The Labute approximate surface area is 162 Å². The van der Waals surface area contributed by atoms with E-state index in [1.807, 2.05) is 36.1 Å². The molecule has 6 nitrogen and oxygen atoms in total. The third kappa shape index (κ3) is 4.03. The van der Waals surface area contributed by atoms with Crippen LogP contribution in [-0.4, -0.2) is 43.8 Å². The number of thiazole rings is 1. The van der Waals surface area contributed by atoms with Crippen LogP contribution in [0.5, 0.6) is 0 Å². The van der Waals surface area contributed by atoms with Crippen molar-refractivity contribution in [1.82, 2.24) is 24.8 Å². The molecule has 3 aromatic heterocycles. The van der Waals surface area contributed by atoms with Crippen molar-refractivity contribution < 1.29 is 4.79 Å². The fraction of sp³-hybridized carbons (Fsp3) is 0.350. The van der Waals surface area contributed by atoms with Crippen LogP contribution in [0, 0.1) is 6.92 Å². The molecule has 0 saturated carbocycles. The number of carbonyl (C=O) groups is 1. The smallest absolute Gasteiger partial charge is 0.228 e. The number of piperidine rings is 1. The second kappa shape index (κ2) is 7.92. The standard InChI is InChI=1S/C20H21N5OS/c1-14-19(17-5-9-21-13-23-17)27-20(24-14)15-6-10-25(11-7-15)18(26)12-16-4-2-3-8-22-16/h2-5,8-9,13,15H,6-7,10-12H2,1H3. The lowest BCUT2D eigenvalue weighted by molar-refractivity contribution is -0.131. The van der Waals surface area contributed by atoms with E-state index in [9.17, 15) is 4.79 Å². The van der Waals surface area contributed by atoms with Crippen LogP contribution in [0.1, 0.15) is 35.2 Å². The highest BCUT2D eigenvalue weighted by atomic mass is 32.1. The van der Waals surface area contributed by atoms with Crippen molar-refractivity contribution in [2.75, 3.05) is 13.1 Å². The number of pyridine rings is 1. The van der Waals surface area contributed by atoms with E-state index in [-0.39, 0.29) is 5.91 Å². The molecule has 138 valence electrons. The fourth-order valence-corrected chi connectivity index (χ4v) is 4.61. The lowest BCUT2D eigenvalue weighted by Crippen LogP contribution is -2.38. The molecule has 0 atom stereocenters. The van der Waals surface area contributed by atoms with Gasteiger partial charge in [-0.1, -0.05) is 6.07 Å². The second-order valence-corrected chi connectivity index (χ2v) is 7.74. The van der Waals surface area contributed by atoms with Gasteiger partial charge in [-0.25, -0.2) is 15.0 Å². The first kappa shape index (κ1) is 17.7. The zero-order chi connectivity index (χ0) is 18.6. The Morgan fingerprint density at radius 3 is 2.74 bits per heavy atom. The molecule has 1 aliphatic rings. The minimum atomic E-state index is 0.157. The van der Waals surface area contributed by atoms with Gasteiger partial charge in [0.2, 0.25) is 5.91 Å². The molecule has 0 bridgehead atoms. The fourth-order valence-electron chi connectivity index (χ4n) is 3.40. The highest BCUT2D eigenvalue weighted by Crippen LogP contribution is 2.36. The van der Waals surface area contributed by atoms with E-state index in [2.05, 4.69) is 15.0 Å². The molecule has 4 heterocycles. The Balaban J connectivity index is 1.39. The summed E-state index contributed by atoms with van der Waals surface area (Å²) in [4.78, 5) is 33.0. The van der Waals surface area contributed by atoms with Crippen LogP contribution in [-0.2, 0) is 11.2 Å². The molecule has 3 aromatic rings. The molecule has 7 heteroatoms. The Hall–Kier alpha value is -2.67. The predicted molar refractivity (Wildman–Crippen MR) is 104 cm³/mol. The van der Waals surface area contributed by atoms with Gasteiger partial charge in [0.15, 0.2) is 0 Å². The molecule has 1 saturated heterocycles. The Bertz CT molecular complexity index is 905. The molecular formula is C20H21N5OS. The van der Waals surface area contributed by atoms with Gasteiger partial charge >= 0.3 is 0 Å². The Morgan fingerprint density at radius 2 is 2.04 bits per heavy atom. The largest absolute Gasteiger partial charge is 0.342 e. The number of amides is 1. The second-order valence-electron chi connectivity index (χ2n) is 6.71. The van der Waals surface area contributed by atoms with E-state index in [0.29, 0.717) is 12.3 Å². The molecule has 0 radical (unpaired) electrons. The van der Waals surface area contributed by atoms with Crippen LogP contribution >= 0.6 is 11.3 Å². The predicted octanol–water partition coefficient (Wildman–Crippen LogP) is 3.25. The number of hydrogen-bond donors (Lipinski definition) is 0. The van der Waals surface area contributed by atoms with Crippen LogP contribution in [0.4, 0.5) is 0 Å². The van der Waals surface area contributed by atoms with Gasteiger partial charge in [-0.3, -0.25) is 9.78 Å². The quantitative estimate of drug-likeness (QED) is 0.696. The summed E-state index contributed by atoms with van der Waals surface area (Å²) in [5, 5.41) is 1.15. The van der Waals surface area contributed by atoms with E-state index < -0.39 is 0 Å². The summed E-state index contributed by atoms with van der Waals surface area (Å²) in [6, 6.07) is 7.61. The molecule has 4 rings (SSSR count). The van der Waals surface area contributed by atoms with Crippen molar-refractivity contribution in [3.8, 4) is 10.6 Å². The van der Waals surface area contributed by atoms with Gasteiger partial charge in [-0.05, 0) is 38.0 Å². The average molecular weight is 379 g/mol. The zero-order valence-corrected chi connectivity index (χ0v) is 16.0. The van der Waals surface area contributed by atoms with Crippen molar-refractivity contribution in [3.05, 3.63) is 59.4 Å². The first-order valence-corrected chi connectivity index (χ1v) is 9.94. The van der Waals surface area contributed by atoms with Crippen LogP contribution in [0.15, 0.2) is 43.0 Å². The molecule has 1 aliphatic heterocycles. The van der Waals surface area contributed by atoms with E-state index in [1.54, 1.807) is 30.1 Å². The average Bonchev–Trinajstić information content (AvgIpc) is 3.11. The summed E-state index contributed by atoms with van der Waals surface area (Å²) in [5.74, 6) is 0.562. The van der Waals surface area contributed by atoms with Crippen molar-refractivity contribution in [2.45, 2.75) is 32.1 Å². The summed E-state index contributed by atoms with van der Waals surface area (Å²) in [6.07, 6.45) is 7.33. The number of aromatic nitrogens is 4. The van der Waals surface area contributed by atoms with Crippen molar-refractivity contribution in [2.24, 2.45) is 0 Å². The summed E-state index contributed by atoms with van der Waals surface area (Å²) in [6.45, 7) is 3.58. The summed E-state index contributed by atoms with van der Waals surface area (Å²) < 4.78 is 0. The van der Waals surface area contributed by atoms with Crippen LogP contribution in [0.3, 0.4) is 0 Å². The van der Waals surface area contributed by atoms with Crippen LogP contribution in [0.25, 0.3) is 10.6 Å². The highest BCUT2D eigenvalue weighted by molar-refractivity contribution is 7.15. The van der Waals surface area contributed by atoms with Crippen LogP contribution < -0.4 is 0 Å². The van der Waals surface area contributed by atoms with Crippen molar-refractivity contribution in [1.29, 1.82) is 0 Å². The molecule has 27 heavy (non-hydrogen) atoms. The number of nitrogens with zero attached hydrogens (tertiary/aromatic N) is 5. The topological polar surface area (TPSA) is 71.9 Å². The van der Waals surface area contributed by atoms with E-state index in [4.69, 9.17) is 4.98 Å². The third-order valence-corrected chi connectivity index (χ3v) is 6.23. The molecule has 0 unspecified atom stereocenters. The number of likely N-dealkylation sites (tertiary alicyclic amines) is 1. The monoisotopic (exact) mass is 379 g/mol. The molecule has 0 N–H and O–H groups in total. The van der Waals surface area contributed by atoms with Gasteiger partial charge in [-0.2, -0.15) is 0 Å². The third-order valence-electron chi connectivity index (χ3n) is 4.88.